The molecule has 1 amide bonds. The standard InChI is InChI=1S/C34H34F2N8O4/c1-19-13-26(39-33(46)31(48-21(3)45)23-14-24(35)16-25(36)15-23)9-12-28(19)44-30-29(20(2)42-44)40-34(41-32(30)38-18-43(4)5)37-17-22-7-10-27(47-6)11-8-22/h7-16,18,31H,17H2,1-6H3,(H,39,46)(H,37,40,41)/b38-18+. The highest BCUT2D eigenvalue weighted by Gasteiger charge is 2.26. The van der Waals surface area contributed by atoms with Crippen molar-refractivity contribution in [1.82, 2.24) is 24.6 Å². The Labute approximate surface area is 275 Å². The van der Waals surface area contributed by atoms with E-state index in [2.05, 4.69) is 15.6 Å². The quantitative estimate of drug-likeness (QED) is 0.103. The van der Waals surface area contributed by atoms with Gasteiger partial charge in [-0.15, -0.1) is 0 Å². The highest BCUT2D eigenvalue weighted by molar-refractivity contribution is 5.96. The summed E-state index contributed by atoms with van der Waals surface area (Å²) in [6.07, 6.45) is 0.0594. The zero-order valence-corrected chi connectivity index (χ0v) is 27.2. The average molecular weight is 657 g/mol. The molecule has 0 saturated heterocycles. The number of hydrogen-bond donors (Lipinski definition) is 2. The van der Waals surface area contributed by atoms with Crippen LogP contribution in [0.15, 0.2) is 65.7 Å². The maximum absolute atomic E-state index is 13.9. The van der Waals surface area contributed by atoms with Crippen LogP contribution >= 0.6 is 0 Å². The van der Waals surface area contributed by atoms with Crippen LogP contribution in [0.1, 0.15) is 35.4 Å². The number of benzene rings is 3. The van der Waals surface area contributed by atoms with Crippen molar-refractivity contribution in [3.05, 3.63) is 94.7 Å². The maximum atomic E-state index is 13.9. The van der Waals surface area contributed by atoms with E-state index >= 15 is 0 Å². The molecule has 1 unspecified atom stereocenters. The van der Waals surface area contributed by atoms with Crippen LogP contribution in [0.4, 0.5) is 26.2 Å². The topological polar surface area (TPSA) is 136 Å². The molecule has 0 aliphatic heterocycles. The maximum Gasteiger partial charge on any atom is 0.303 e. The van der Waals surface area contributed by atoms with Gasteiger partial charge in [-0.1, -0.05) is 12.1 Å². The number of carbonyl (C=O) groups is 2. The molecule has 14 heteroatoms. The molecule has 0 spiro atoms. The van der Waals surface area contributed by atoms with Gasteiger partial charge in [-0.05, 0) is 67.4 Å². The number of aliphatic imine (C=N–C) groups is 1. The van der Waals surface area contributed by atoms with Crippen molar-refractivity contribution in [3.63, 3.8) is 0 Å². The van der Waals surface area contributed by atoms with Crippen molar-refractivity contribution < 1.29 is 27.8 Å². The first kappa shape index (κ1) is 33.4. The Morgan fingerprint density at radius 2 is 1.73 bits per heavy atom. The smallest absolute Gasteiger partial charge is 0.303 e. The van der Waals surface area contributed by atoms with Gasteiger partial charge in [-0.25, -0.2) is 23.4 Å². The Balaban J connectivity index is 1.46. The number of esters is 1. The summed E-state index contributed by atoms with van der Waals surface area (Å²) in [5.41, 5.74) is 4.41. The zero-order chi connectivity index (χ0) is 34.5. The van der Waals surface area contributed by atoms with Crippen molar-refractivity contribution in [1.29, 1.82) is 0 Å². The van der Waals surface area contributed by atoms with E-state index in [0.717, 1.165) is 30.4 Å². The monoisotopic (exact) mass is 656 g/mol. The predicted molar refractivity (Wildman–Crippen MR) is 178 cm³/mol. The van der Waals surface area contributed by atoms with Crippen LogP contribution in [0, 0.1) is 25.5 Å². The van der Waals surface area contributed by atoms with Gasteiger partial charge in [-0.2, -0.15) is 10.1 Å². The molecule has 2 aromatic heterocycles. The van der Waals surface area contributed by atoms with Crippen LogP contribution in [-0.4, -0.2) is 64.1 Å². The number of rotatable bonds is 11. The molecule has 248 valence electrons. The molecule has 5 rings (SSSR count). The van der Waals surface area contributed by atoms with E-state index in [1.54, 1.807) is 41.2 Å². The predicted octanol–water partition coefficient (Wildman–Crippen LogP) is 5.80. The van der Waals surface area contributed by atoms with Crippen molar-refractivity contribution in [2.45, 2.75) is 33.4 Å². The fourth-order valence-electron chi connectivity index (χ4n) is 4.92. The summed E-state index contributed by atoms with van der Waals surface area (Å²) in [7, 11) is 5.31. The molecule has 12 nitrogen and oxygen atoms in total. The second-order valence-corrected chi connectivity index (χ2v) is 11.2. The first-order chi connectivity index (χ1) is 22.9. The molecular weight excluding hydrogens is 622 g/mol. The van der Waals surface area contributed by atoms with Crippen LogP contribution in [0.2, 0.25) is 0 Å². The third kappa shape index (κ3) is 7.71. The van der Waals surface area contributed by atoms with Gasteiger partial charge in [0.15, 0.2) is 5.82 Å². The lowest BCUT2D eigenvalue weighted by Crippen LogP contribution is -2.25. The number of nitrogens with zero attached hydrogens (tertiary/aromatic N) is 6. The first-order valence-corrected chi connectivity index (χ1v) is 14.8. The number of hydrogen-bond acceptors (Lipinski definition) is 9. The van der Waals surface area contributed by atoms with Gasteiger partial charge in [0.05, 0.1) is 24.8 Å². The number of fused-ring (bicyclic) bond motifs is 1. The fourth-order valence-corrected chi connectivity index (χ4v) is 4.92. The lowest BCUT2D eigenvalue weighted by molar-refractivity contribution is -0.152. The Hall–Kier alpha value is -5.92. The number of carbonyl (C=O) groups excluding carboxylic acids is 2. The average Bonchev–Trinajstić information content (AvgIpc) is 3.36. The lowest BCUT2D eigenvalue weighted by Gasteiger charge is -2.18. The van der Waals surface area contributed by atoms with Crippen LogP contribution in [0.3, 0.4) is 0 Å². The Morgan fingerprint density at radius 1 is 1.02 bits per heavy atom. The second-order valence-electron chi connectivity index (χ2n) is 11.2. The molecule has 0 aliphatic carbocycles. The number of amides is 1. The van der Waals surface area contributed by atoms with Crippen LogP contribution in [0.25, 0.3) is 16.7 Å². The van der Waals surface area contributed by atoms with Gasteiger partial charge in [0, 0.05) is 44.9 Å². The first-order valence-electron chi connectivity index (χ1n) is 14.8. The summed E-state index contributed by atoms with van der Waals surface area (Å²) < 4.78 is 39.9. The molecule has 5 aromatic rings. The van der Waals surface area contributed by atoms with Crippen molar-refractivity contribution in [2.24, 2.45) is 4.99 Å². The number of halogens is 2. The van der Waals surface area contributed by atoms with Gasteiger partial charge in [0.25, 0.3) is 5.91 Å². The van der Waals surface area contributed by atoms with Gasteiger partial charge in [0.1, 0.15) is 28.4 Å². The van der Waals surface area contributed by atoms with Crippen LogP contribution < -0.4 is 15.4 Å². The lowest BCUT2D eigenvalue weighted by atomic mass is 10.1. The molecule has 48 heavy (non-hydrogen) atoms. The largest absolute Gasteiger partial charge is 0.497 e. The SMILES string of the molecule is COc1ccc(CNc2nc(/N=C/N(C)C)c3c(n2)c(C)nn3-c2ccc(NC(=O)C(OC(C)=O)c3cc(F)cc(F)c3)cc2C)cc1. The zero-order valence-electron chi connectivity index (χ0n) is 27.2. The van der Waals surface area contributed by atoms with Gasteiger partial charge >= 0.3 is 5.97 Å². The second kappa shape index (κ2) is 14.2. The molecule has 2 N–H and O–H groups in total. The minimum atomic E-state index is -1.58. The van der Waals surface area contributed by atoms with Crippen molar-refractivity contribution >= 4 is 46.7 Å². The van der Waals surface area contributed by atoms with Gasteiger partial charge in [0.2, 0.25) is 12.1 Å². The molecular formula is C34H34F2N8O4. The summed E-state index contributed by atoms with van der Waals surface area (Å²) in [5.74, 6) is -1.87. The molecule has 0 saturated carbocycles. The Bertz CT molecular complexity index is 1990. The molecule has 3 aromatic carbocycles. The number of aryl methyl sites for hydroxylation is 2. The van der Waals surface area contributed by atoms with Gasteiger partial charge < -0.3 is 25.0 Å². The van der Waals surface area contributed by atoms with E-state index < -0.39 is 29.6 Å². The molecule has 0 fully saturated rings. The van der Waals surface area contributed by atoms with E-state index in [4.69, 9.17) is 24.5 Å². The number of methoxy groups -OCH3 is 1. The summed E-state index contributed by atoms with van der Waals surface area (Å²) >= 11 is 0. The summed E-state index contributed by atoms with van der Waals surface area (Å²) in [6.45, 7) is 5.24. The minimum absolute atomic E-state index is 0.143. The van der Waals surface area contributed by atoms with E-state index in [1.807, 2.05) is 52.2 Å². The summed E-state index contributed by atoms with van der Waals surface area (Å²) in [6, 6.07) is 15.3. The van der Waals surface area contributed by atoms with E-state index in [9.17, 15) is 18.4 Å². The van der Waals surface area contributed by atoms with Crippen LogP contribution in [-0.2, 0) is 20.9 Å². The third-order valence-corrected chi connectivity index (χ3v) is 7.09. The number of anilines is 2. The number of ether oxygens (including phenoxy) is 2. The molecule has 1 atom stereocenters. The van der Waals surface area contributed by atoms with E-state index in [1.165, 1.54) is 0 Å². The van der Waals surface area contributed by atoms with Crippen molar-refractivity contribution in [2.75, 3.05) is 31.8 Å². The minimum Gasteiger partial charge on any atom is -0.497 e. The summed E-state index contributed by atoms with van der Waals surface area (Å²) in [4.78, 5) is 40.8. The number of aromatic nitrogens is 4. The summed E-state index contributed by atoms with van der Waals surface area (Å²) in [5, 5.41) is 10.7. The van der Waals surface area contributed by atoms with Crippen LogP contribution in [0.5, 0.6) is 5.75 Å². The number of nitrogens with one attached hydrogen (secondary N) is 2. The normalized spacial score (nSPS) is 11.8. The molecule has 2 heterocycles. The fraction of sp³-hybridized carbons (Fsp3) is 0.235. The highest BCUT2D eigenvalue weighted by atomic mass is 19.1. The van der Waals surface area contributed by atoms with E-state index in [0.29, 0.717) is 58.0 Å². The Kier molecular flexibility index (Phi) is 9.92. The molecule has 0 aliphatic rings. The Morgan fingerprint density at radius 3 is 2.35 bits per heavy atom. The van der Waals surface area contributed by atoms with E-state index in [-0.39, 0.29) is 5.56 Å². The third-order valence-electron chi connectivity index (χ3n) is 7.09. The highest BCUT2D eigenvalue weighted by Crippen LogP contribution is 2.31. The van der Waals surface area contributed by atoms with Crippen molar-refractivity contribution in [3.8, 4) is 11.4 Å². The molecule has 0 bridgehead atoms. The molecule has 0 radical (unpaired) electrons. The van der Waals surface area contributed by atoms with Gasteiger partial charge in [-0.3, -0.25) is 9.59 Å².